The molecule has 1 aromatic rings. The highest BCUT2D eigenvalue weighted by atomic mass is 16.6. The molecule has 1 aliphatic heterocycles. The number of phenols is 1. The Hall–Kier alpha value is -4.14. The zero-order valence-corrected chi connectivity index (χ0v) is 27.1. The number of hydrogen-bond acceptors (Lipinski definition) is 11. The van der Waals surface area contributed by atoms with Crippen molar-refractivity contribution in [3.63, 3.8) is 0 Å². The first-order chi connectivity index (χ1) is 22.1. The van der Waals surface area contributed by atoms with Gasteiger partial charge in [-0.2, -0.15) is 0 Å². The molecule has 1 aliphatic rings. The van der Waals surface area contributed by atoms with E-state index in [0.717, 1.165) is 0 Å². The van der Waals surface area contributed by atoms with Gasteiger partial charge < -0.3 is 43.3 Å². The molecule has 0 unspecified atom stereocenters. The average Bonchev–Trinajstić information content (AvgIpc) is 3.02. The average molecular weight is 645 g/mol. The maximum atomic E-state index is 12.9. The lowest BCUT2D eigenvalue weighted by Crippen LogP contribution is -2.45. The molecular weight excluding hydrogens is 600 g/mol. The molecule has 0 aromatic heterocycles. The summed E-state index contributed by atoms with van der Waals surface area (Å²) < 4.78 is 32.0. The molecule has 13 heteroatoms. The van der Waals surface area contributed by atoms with E-state index in [-0.39, 0.29) is 67.8 Å². The summed E-state index contributed by atoms with van der Waals surface area (Å²) in [6.07, 6.45) is 3.76. The number of hydrogen-bond donors (Lipinski definition) is 1. The number of phenolic OH excluding ortho intramolecular Hbond substituents is 1. The first-order valence-corrected chi connectivity index (χ1v) is 15.0. The number of ether oxygens (including phenoxy) is 6. The van der Waals surface area contributed by atoms with Crippen molar-refractivity contribution in [1.29, 1.82) is 0 Å². The lowest BCUT2D eigenvalue weighted by atomic mass is 10.1. The summed E-state index contributed by atoms with van der Waals surface area (Å²) in [7, 11) is 5.96. The monoisotopic (exact) mass is 644 g/mol. The molecule has 0 saturated heterocycles. The quantitative estimate of drug-likeness (QED) is 0.151. The van der Waals surface area contributed by atoms with Gasteiger partial charge in [0, 0.05) is 79.0 Å². The van der Waals surface area contributed by atoms with Gasteiger partial charge in [0.05, 0.1) is 25.9 Å². The van der Waals surface area contributed by atoms with Crippen LogP contribution in [0.2, 0.25) is 0 Å². The van der Waals surface area contributed by atoms with E-state index in [2.05, 4.69) is 17.8 Å². The smallest absolute Gasteiger partial charge is 0.311 e. The van der Waals surface area contributed by atoms with Crippen molar-refractivity contribution in [2.45, 2.75) is 69.9 Å². The zero-order chi connectivity index (χ0) is 34.1. The fraction of sp³-hybridized carbons (Fsp3) is 0.576. The number of carbonyl (C=O) groups excluding carboxylic acids is 4. The number of rotatable bonds is 17. The molecule has 1 heterocycles. The minimum atomic E-state index is -0.733. The van der Waals surface area contributed by atoms with Gasteiger partial charge in [-0.15, -0.1) is 6.42 Å². The van der Waals surface area contributed by atoms with Gasteiger partial charge in [-0.1, -0.05) is 24.7 Å². The maximum Gasteiger partial charge on any atom is 0.311 e. The number of amides is 2. The Morgan fingerprint density at radius 3 is 2.20 bits per heavy atom. The van der Waals surface area contributed by atoms with Gasteiger partial charge in [0.2, 0.25) is 11.8 Å². The molecule has 4 atom stereocenters. The molecule has 0 bridgehead atoms. The molecule has 13 nitrogen and oxygen atoms in total. The van der Waals surface area contributed by atoms with Crippen molar-refractivity contribution >= 4 is 23.8 Å². The molecule has 252 valence electrons. The predicted octanol–water partition coefficient (Wildman–Crippen LogP) is 1.93. The molecule has 0 fully saturated rings. The first kappa shape index (κ1) is 38.0. The van der Waals surface area contributed by atoms with Crippen LogP contribution < -0.4 is 9.47 Å². The van der Waals surface area contributed by atoms with Gasteiger partial charge in [-0.3, -0.25) is 19.2 Å². The molecule has 0 radical (unpaired) electrons. The molecular formula is C33H44N2O11. The minimum absolute atomic E-state index is 0.0822. The number of benzene rings is 1. The molecule has 0 spiro atoms. The van der Waals surface area contributed by atoms with E-state index in [0.29, 0.717) is 25.9 Å². The number of esters is 2. The fourth-order valence-corrected chi connectivity index (χ4v) is 4.70. The van der Waals surface area contributed by atoms with Crippen LogP contribution >= 0.6 is 0 Å². The molecule has 1 aromatic carbocycles. The van der Waals surface area contributed by atoms with Crippen molar-refractivity contribution in [3.8, 4) is 41.4 Å². The molecule has 46 heavy (non-hydrogen) atoms. The van der Waals surface area contributed by atoms with Crippen LogP contribution in [-0.2, 0) is 38.1 Å². The van der Waals surface area contributed by atoms with Crippen molar-refractivity contribution in [2.75, 3.05) is 54.6 Å². The maximum absolute atomic E-state index is 12.9. The number of carbonyl (C=O) groups is 4. The molecule has 1 N–H and O–H groups in total. The Balaban J connectivity index is 1.92. The van der Waals surface area contributed by atoms with E-state index >= 15 is 0 Å². The van der Waals surface area contributed by atoms with Gasteiger partial charge in [0.1, 0.15) is 41.7 Å². The molecule has 0 aliphatic carbocycles. The van der Waals surface area contributed by atoms with Crippen molar-refractivity contribution in [3.05, 3.63) is 18.2 Å². The van der Waals surface area contributed by atoms with Crippen molar-refractivity contribution in [2.24, 2.45) is 0 Å². The second-order valence-corrected chi connectivity index (χ2v) is 10.4. The summed E-state index contributed by atoms with van der Waals surface area (Å²) in [5.74, 6) is 5.91. The van der Waals surface area contributed by atoms with Crippen LogP contribution in [-0.4, -0.2) is 118 Å². The zero-order valence-electron chi connectivity index (χ0n) is 27.1. The van der Waals surface area contributed by atoms with Gasteiger partial charge in [0.25, 0.3) is 0 Å². The largest absolute Gasteiger partial charge is 0.508 e. The fourth-order valence-electron chi connectivity index (χ4n) is 4.70. The minimum Gasteiger partial charge on any atom is -0.508 e. The second-order valence-electron chi connectivity index (χ2n) is 10.4. The third kappa shape index (κ3) is 12.3. The van der Waals surface area contributed by atoms with Crippen LogP contribution in [0.25, 0.3) is 0 Å². The highest BCUT2D eigenvalue weighted by Crippen LogP contribution is 2.28. The van der Waals surface area contributed by atoms with Gasteiger partial charge in [0.15, 0.2) is 0 Å². The number of nitrogens with zero attached hydrogens (tertiary/aromatic N) is 2. The third-order valence-electron chi connectivity index (χ3n) is 7.12. The Morgan fingerprint density at radius 2 is 1.65 bits per heavy atom. The number of methoxy groups -OCH3 is 4. The van der Waals surface area contributed by atoms with E-state index in [1.54, 1.807) is 9.80 Å². The Morgan fingerprint density at radius 1 is 1.00 bits per heavy atom. The van der Waals surface area contributed by atoms with Gasteiger partial charge in [-0.25, -0.2) is 0 Å². The molecule has 0 saturated carbocycles. The van der Waals surface area contributed by atoms with Crippen LogP contribution in [0.5, 0.6) is 17.2 Å². The summed E-state index contributed by atoms with van der Waals surface area (Å²) >= 11 is 0. The van der Waals surface area contributed by atoms with Crippen LogP contribution in [0.3, 0.4) is 0 Å². The standard InChI is InChI=1S/C33H44N2O11/c1-7-16-34(21-28(43-5)26(8-2)41-3)30(37)12-14-32(39)45-24-18-23(36)19-25(20-24)46-33(40)15-13-31(38)35-17-10-9-11-27(42-4)29(22-35)44-6/h2,18-20,26-29,36H,7,10,12-17,21-22H2,1,3-6H3/t26-,27-,28-,29-/m0/s1. The summed E-state index contributed by atoms with van der Waals surface area (Å²) in [5, 5.41) is 10.1. The van der Waals surface area contributed by atoms with E-state index in [9.17, 15) is 24.3 Å². The molecule has 2 rings (SSSR count). The third-order valence-corrected chi connectivity index (χ3v) is 7.12. The summed E-state index contributed by atoms with van der Waals surface area (Å²) in [6.45, 7) is 3.16. The topological polar surface area (TPSA) is 150 Å². The summed E-state index contributed by atoms with van der Waals surface area (Å²) in [5.41, 5.74) is 0. The normalized spacial score (nSPS) is 17.3. The Labute approximate surface area is 270 Å². The van der Waals surface area contributed by atoms with Gasteiger partial charge >= 0.3 is 11.9 Å². The van der Waals surface area contributed by atoms with Crippen LogP contribution in [0.4, 0.5) is 0 Å². The first-order valence-electron chi connectivity index (χ1n) is 15.0. The van der Waals surface area contributed by atoms with E-state index in [4.69, 9.17) is 34.8 Å². The van der Waals surface area contributed by atoms with E-state index < -0.39 is 36.4 Å². The van der Waals surface area contributed by atoms with E-state index in [1.165, 1.54) is 46.6 Å². The van der Waals surface area contributed by atoms with Crippen molar-refractivity contribution in [1.82, 2.24) is 9.80 Å². The highest BCUT2D eigenvalue weighted by molar-refractivity contribution is 5.83. The SMILES string of the molecule is C#C[C@H](OC)[C@H](CN(CCC)C(=O)CCC(=O)Oc1cc(O)cc(OC(=O)CCC(=O)N2CCC#C[C@H](OC)[C@@H](OC)C2)c1)OC. The lowest BCUT2D eigenvalue weighted by Gasteiger charge is -2.30. The predicted molar refractivity (Wildman–Crippen MR) is 166 cm³/mol. The second kappa shape index (κ2) is 20.1. The Kier molecular flexibility index (Phi) is 16.6. The summed E-state index contributed by atoms with van der Waals surface area (Å²) in [6, 6.07) is 3.59. The van der Waals surface area contributed by atoms with Crippen LogP contribution in [0, 0.1) is 24.2 Å². The van der Waals surface area contributed by atoms with Crippen LogP contribution in [0.15, 0.2) is 18.2 Å². The molecule has 2 amide bonds. The number of aromatic hydroxyl groups is 1. The Bertz CT molecular complexity index is 1280. The number of terminal acetylenes is 1. The lowest BCUT2D eigenvalue weighted by molar-refractivity contribution is -0.140. The van der Waals surface area contributed by atoms with Crippen LogP contribution in [0.1, 0.15) is 45.4 Å². The summed E-state index contributed by atoms with van der Waals surface area (Å²) in [4.78, 5) is 54.0. The highest BCUT2D eigenvalue weighted by Gasteiger charge is 2.27. The van der Waals surface area contributed by atoms with E-state index in [1.807, 2.05) is 6.92 Å². The van der Waals surface area contributed by atoms with Gasteiger partial charge in [-0.05, 0) is 6.42 Å². The van der Waals surface area contributed by atoms with Crippen molar-refractivity contribution < 1.29 is 52.7 Å².